The van der Waals surface area contributed by atoms with Gasteiger partial charge in [-0.3, -0.25) is 0 Å². The fourth-order valence-corrected chi connectivity index (χ4v) is 1.50. The standard InChI is InChI=1S/C7H12N4O3/c8-10-9-5-2-1-3-11(7(13)14)4-6(5)12/h5-6,12H,1-4H2,(H,13,14). The summed E-state index contributed by atoms with van der Waals surface area (Å²) in [4.78, 5) is 14.4. The number of hydrogen-bond donors (Lipinski definition) is 2. The number of hydrogen-bond acceptors (Lipinski definition) is 3. The molecule has 1 rings (SSSR count). The number of azide groups is 1. The predicted octanol–water partition coefficient (Wildman–Crippen LogP) is 0.800. The van der Waals surface area contributed by atoms with Gasteiger partial charge in [-0.15, -0.1) is 0 Å². The minimum absolute atomic E-state index is 0.0129. The van der Waals surface area contributed by atoms with E-state index < -0.39 is 18.2 Å². The van der Waals surface area contributed by atoms with E-state index in [9.17, 15) is 9.90 Å². The van der Waals surface area contributed by atoms with Crippen molar-refractivity contribution in [2.24, 2.45) is 5.11 Å². The minimum atomic E-state index is -1.05. The van der Waals surface area contributed by atoms with Crippen molar-refractivity contribution in [2.45, 2.75) is 25.0 Å². The summed E-state index contributed by atoms with van der Waals surface area (Å²) < 4.78 is 0. The fraction of sp³-hybridized carbons (Fsp3) is 0.857. The van der Waals surface area contributed by atoms with Crippen molar-refractivity contribution in [1.29, 1.82) is 0 Å². The number of carboxylic acid groups (broad SMARTS) is 1. The SMILES string of the molecule is [N-]=[N+]=NC1CCCN(C(=O)O)CC1O. The van der Waals surface area contributed by atoms with Gasteiger partial charge in [-0.2, -0.15) is 0 Å². The second-order valence-corrected chi connectivity index (χ2v) is 3.21. The number of likely N-dealkylation sites (tertiary alicyclic amines) is 1. The summed E-state index contributed by atoms with van der Waals surface area (Å²) >= 11 is 0. The Kier molecular flexibility index (Phi) is 3.55. The topological polar surface area (TPSA) is 110 Å². The lowest BCUT2D eigenvalue weighted by Gasteiger charge is -2.19. The molecule has 0 spiro atoms. The number of aliphatic hydroxyl groups excluding tert-OH is 1. The van der Waals surface area contributed by atoms with Crippen molar-refractivity contribution < 1.29 is 15.0 Å². The van der Waals surface area contributed by atoms with Gasteiger partial charge in [0.2, 0.25) is 0 Å². The zero-order valence-electron chi connectivity index (χ0n) is 7.57. The zero-order chi connectivity index (χ0) is 10.6. The van der Waals surface area contributed by atoms with Crippen LogP contribution in [0.2, 0.25) is 0 Å². The molecule has 7 heteroatoms. The van der Waals surface area contributed by atoms with E-state index in [1.807, 2.05) is 0 Å². The Morgan fingerprint density at radius 3 is 2.93 bits per heavy atom. The second-order valence-electron chi connectivity index (χ2n) is 3.21. The molecule has 2 atom stereocenters. The molecule has 1 heterocycles. The van der Waals surface area contributed by atoms with Gasteiger partial charge < -0.3 is 15.1 Å². The maximum absolute atomic E-state index is 10.6. The molecule has 0 aromatic heterocycles. The van der Waals surface area contributed by atoms with Crippen molar-refractivity contribution in [3.8, 4) is 0 Å². The molecule has 1 amide bonds. The molecule has 2 unspecified atom stereocenters. The van der Waals surface area contributed by atoms with E-state index in [0.717, 1.165) is 4.90 Å². The molecule has 1 fully saturated rings. The van der Waals surface area contributed by atoms with E-state index >= 15 is 0 Å². The number of β-amino-alcohol motifs (C(OH)–C–C–N with tert-alkyl or cyclic N) is 1. The summed E-state index contributed by atoms with van der Waals surface area (Å²) in [5, 5.41) is 21.7. The molecule has 2 N–H and O–H groups in total. The third kappa shape index (κ3) is 2.51. The highest BCUT2D eigenvalue weighted by molar-refractivity contribution is 5.65. The number of aliphatic hydroxyl groups is 1. The average molecular weight is 200 g/mol. The maximum atomic E-state index is 10.6. The molecule has 1 aliphatic rings. The van der Waals surface area contributed by atoms with Crippen molar-refractivity contribution >= 4 is 6.09 Å². The van der Waals surface area contributed by atoms with Gasteiger partial charge in [0, 0.05) is 11.5 Å². The van der Waals surface area contributed by atoms with Crippen LogP contribution >= 0.6 is 0 Å². The van der Waals surface area contributed by atoms with Crippen LogP contribution in [0.25, 0.3) is 10.4 Å². The number of rotatable bonds is 1. The highest BCUT2D eigenvalue weighted by atomic mass is 16.4. The van der Waals surface area contributed by atoms with Gasteiger partial charge in [0.15, 0.2) is 0 Å². The Balaban J connectivity index is 2.65. The Morgan fingerprint density at radius 1 is 1.64 bits per heavy atom. The van der Waals surface area contributed by atoms with Crippen LogP contribution in [0.15, 0.2) is 5.11 Å². The number of carbonyl (C=O) groups is 1. The van der Waals surface area contributed by atoms with Crippen LogP contribution in [0.5, 0.6) is 0 Å². The molecule has 0 saturated carbocycles. The first kappa shape index (κ1) is 10.6. The van der Waals surface area contributed by atoms with Gasteiger partial charge in [-0.1, -0.05) is 5.11 Å². The summed E-state index contributed by atoms with van der Waals surface area (Å²) in [6, 6.07) is -0.510. The molecule has 0 bridgehead atoms. The molecule has 0 aromatic rings. The van der Waals surface area contributed by atoms with Gasteiger partial charge in [0.1, 0.15) is 0 Å². The summed E-state index contributed by atoms with van der Waals surface area (Å²) in [5.74, 6) is 0. The van der Waals surface area contributed by atoms with E-state index in [1.54, 1.807) is 0 Å². The molecule has 7 nitrogen and oxygen atoms in total. The van der Waals surface area contributed by atoms with E-state index in [-0.39, 0.29) is 6.54 Å². The first-order valence-electron chi connectivity index (χ1n) is 4.35. The number of amides is 1. The Bertz CT molecular complexity index is 264. The van der Waals surface area contributed by atoms with E-state index in [0.29, 0.717) is 19.4 Å². The molecular formula is C7H12N4O3. The second kappa shape index (κ2) is 4.69. The highest BCUT2D eigenvalue weighted by Crippen LogP contribution is 2.14. The molecule has 0 aliphatic carbocycles. The highest BCUT2D eigenvalue weighted by Gasteiger charge is 2.26. The van der Waals surface area contributed by atoms with Crippen LogP contribution in [-0.2, 0) is 0 Å². The predicted molar refractivity (Wildman–Crippen MR) is 47.8 cm³/mol. The van der Waals surface area contributed by atoms with Crippen molar-refractivity contribution in [3.05, 3.63) is 10.4 Å². The Labute approximate surface area is 80.6 Å². The van der Waals surface area contributed by atoms with E-state index in [1.165, 1.54) is 0 Å². The molecule has 1 saturated heterocycles. The Morgan fingerprint density at radius 2 is 2.36 bits per heavy atom. The van der Waals surface area contributed by atoms with Gasteiger partial charge in [0.05, 0.1) is 18.7 Å². The van der Waals surface area contributed by atoms with Crippen LogP contribution in [0, 0.1) is 0 Å². The first-order chi connectivity index (χ1) is 6.65. The van der Waals surface area contributed by atoms with Gasteiger partial charge in [-0.25, -0.2) is 4.79 Å². The molecule has 0 aromatic carbocycles. The first-order valence-corrected chi connectivity index (χ1v) is 4.35. The number of nitrogens with zero attached hydrogens (tertiary/aromatic N) is 4. The van der Waals surface area contributed by atoms with Crippen LogP contribution in [-0.4, -0.2) is 46.4 Å². The zero-order valence-corrected chi connectivity index (χ0v) is 7.57. The Hall–Kier alpha value is -1.46. The van der Waals surface area contributed by atoms with Gasteiger partial charge in [-0.05, 0) is 18.4 Å². The lowest BCUT2D eigenvalue weighted by molar-refractivity contribution is 0.0953. The minimum Gasteiger partial charge on any atom is -0.465 e. The summed E-state index contributed by atoms with van der Waals surface area (Å²) in [6.07, 6.45) is -0.822. The third-order valence-corrected chi connectivity index (χ3v) is 2.25. The van der Waals surface area contributed by atoms with Crippen LogP contribution in [0.1, 0.15) is 12.8 Å². The summed E-state index contributed by atoms with van der Waals surface area (Å²) in [7, 11) is 0. The molecule has 0 radical (unpaired) electrons. The smallest absolute Gasteiger partial charge is 0.407 e. The average Bonchev–Trinajstić information content (AvgIpc) is 2.30. The molecule has 14 heavy (non-hydrogen) atoms. The third-order valence-electron chi connectivity index (χ3n) is 2.25. The molecule has 1 aliphatic heterocycles. The van der Waals surface area contributed by atoms with Crippen molar-refractivity contribution in [1.82, 2.24) is 4.90 Å². The van der Waals surface area contributed by atoms with Gasteiger partial charge in [0.25, 0.3) is 0 Å². The fourth-order valence-electron chi connectivity index (χ4n) is 1.50. The monoisotopic (exact) mass is 200 g/mol. The molecular weight excluding hydrogens is 188 g/mol. The van der Waals surface area contributed by atoms with Crippen LogP contribution < -0.4 is 0 Å². The lowest BCUT2D eigenvalue weighted by atomic mass is 10.1. The van der Waals surface area contributed by atoms with Crippen molar-refractivity contribution in [3.63, 3.8) is 0 Å². The van der Waals surface area contributed by atoms with Gasteiger partial charge >= 0.3 is 6.09 Å². The largest absolute Gasteiger partial charge is 0.465 e. The normalized spacial score (nSPS) is 27.6. The van der Waals surface area contributed by atoms with Crippen LogP contribution in [0.4, 0.5) is 4.79 Å². The van der Waals surface area contributed by atoms with Crippen LogP contribution in [0.3, 0.4) is 0 Å². The lowest BCUT2D eigenvalue weighted by Crippen LogP contribution is -2.38. The quantitative estimate of drug-likeness (QED) is 0.371. The van der Waals surface area contributed by atoms with Crippen molar-refractivity contribution in [2.75, 3.05) is 13.1 Å². The maximum Gasteiger partial charge on any atom is 0.407 e. The summed E-state index contributed by atoms with van der Waals surface area (Å²) in [6.45, 7) is 0.392. The van der Waals surface area contributed by atoms with E-state index in [2.05, 4.69) is 10.0 Å². The van der Waals surface area contributed by atoms with E-state index in [4.69, 9.17) is 10.6 Å². The summed E-state index contributed by atoms with van der Waals surface area (Å²) in [5.41, 5.74) is 8.22. The molecule has 78 valence electrons.